The van der Waals surface area contributed by atoms with Gasteiger partial charge in [0.15, 0.2) is 0 Å². The zero-order valence-corrected chi connectivity index (χ0v) is 18.1. The second kappa shape index (κ2) is 8.84. The van der Waals surface area contributed by atoms with E-state index in [9.17, 15) is 31.1 Å². The summed E-state index contributed by atoms with van der Waals surface area (Å²) in [6.07, 6.45) is -6.26. The number of halogens is 6. The van der Waals surface area contributed by atoms with E-state index >= 15 is 0 Å². The number of para-hydroxylation sites is 1. The van der Waals surface area contributed by atoms with E-state index in [1.165, 1.54) is 11.9 Å². The highest BCUT2D eigenvalue weighted by atomic mass is 19.4. The van der Waals surface area contributed by atoms with Gasteiger partial charge in [-0.05, 0) is 43.9 Å². The van der Waals surface area contributed by atoms with Gasteiger partial charge >= 0.3 is 12.4 Å². The number of carbonyl (C=O) groups excluding carboxylic acids is 1. The fraction of sp³-hybridized carbons (Fsp3) is 0.391. The molecule has 1 fully saturated rings. The van der Waals surface area contributed by atoms with E-state index in [0.717, 1.165) is 10.9 Å². The van der Waals surface area contributed by atoms with E-state index in [1.807, 2.05) is 24.3 Å². The summed E-state index contributed by atoms with van der Waals surface area (Å²) in [6, 6.07) is 8.26. The Kier molecular flexibility index (Phi) is 6.22. The van der Waals surface area contributed by atoms with E-state index in [-0.39, 0.29) is 23.7 Å². The Morgan fingerprint density at radius 2 is 1.59 bits per heavy atom. The highest BCUT2D eigenvalue weighted by molar-refractivity contribution is 6.06. The van der Waals surface area contributed by atoms with E-state index in [2.05, 4.69) is 15.3 Å². The van der Waals surface area contributed by atoms with Crippen molar-refractivity contribution in [2.75, 3.05) is 11.9 Å². The number of alkyl halides is 6. The van der Waals surface area contributed by atoms with Crippen LogP contribution in [0.15, 0.2) is 42.6 Å². The van der Waals surface area contributed by atoms with Gasteiger partial charge in [-0.1, -0.05) is 18.2 Å². The van der Waals surface area contributed by atoms with E-state index in [0.29, 0.717) is 43.4 Å². The molecule has 182 valence electrons. The molecule has 1 aliphatic rings. The molecule has 4 rings (SSSR count). The zero-order chi connectivity index (χ0) is 24.7. The number of nitrogens with one attached hydrogen (secondary N) is 2. The number of rotatable bonds is 4. The molecule has 5 nitrogen and oxygen atoms in total. The molecule has 0 bridgehead atoms. The van der Waals surface area contributed by atoms with Crippen LogP contribution in [0.2, 0.25) is 0 Å². The summed E-state index contributed by atoms with van der Waals surface area (Å²) < 4.78 is 78.8. The van der Waals surface area contributed by atoms with Crippen molar-refractivity contribution in [1.29, 1.82) is 0 Å². The predicted molar refractivity (Wildman–Crippen MR) is 114 cm³/mol. The van der Waals surface area contributed by atoms with Gasteiger partial charge in [0.1, 0.15) is 11.4 Å². The van der Waals surface area contributed by atoms with E-state index < -0.39 is 23.7 Å². The minimum absolute atomic E-state index is 0.139. The van der Waals surface area contributed by atoms with Gasteiger partial charge in [0.2, 0.25) is 0 Å². The minimum atomic E-state index is -5.00. The Labute approximate surface area is 191 Å². The molecule has 0 saturated heterocycles. The van der Waals surface area contributed by atoms with Crippen LogP contribution in [0.3, 0.4) is 0 Å². The van der Waals surface area contributed by atoms with Gasteiger partial charge in [0, 0.05) is 41.9 Å². The number of hydrogen-bond acceptors (Lipinski definition) is 3. The maximum Gasteiger partial charge on any atom is 0.433 e. The standard InChI is InChI=1S/C23H22F6N4O/c1-33(15-10-19(22(24,25)26)32-20(11-15)23(27,28)29)14-8-6-13(7-9-14)31-21(34)17-12-30-18-5-3-2-4-16(17)18/h2-5,10-14,30H,6-9H2,1H3,(H,31,34). The van der Waals surface area contributed by atoms with Crippen molar-refractivity contribution in [3.05, 3.63) is 59.5 Å². The smallest absolute Gasteiger partial charge is 0.371 e. The molecule has 2 heterocycles. The number of fused-ring (bicyclic) bond motifs is 1. The molecule has 0 radical (unpaired) electrons. The molecule has 0 atom stereocenters. The number of amides is 1. The van der Waals surface area contributed by atoms with Crippen molar-refractivity contribution < 1.29 is 31.1 Å². The summed E-state index contributed by atoms with van der Waals surface area (Å²) >= 11 is 0. The Balaban J connectivity index is 1.43. The summed E-state index contributed by atoms with van der Waals surface area (Å²) in [6.45, 7) is 0. The third kappa shape index (κ3) is 4.97. The van der Waals surface area contributed by atoms with Crippen LogP contribution in [0.5, 0.6) is 0 Å². The van der Waals surface area contributed by atoms with Crippen LogP contribution < -0.4 is 10.2 Å². The lowest BCUT2D eigenvalue weighted by Crippen LogP contribution is -2.43. The predicted octanol–water partition coefficient (Wildman–Crippen LogP) is 5.78. The average molecular weight is 484 g/mol. The molecule has 34 heavy (non-hydrogen) atoms. The summed E-state index contributed by atoms with van der Waals surface area (Å²) in [5.74, 6) is -0.229. The molecule has 2 N–H and O–H groups in total. The number of pyridine rings is 1. The van der Waals surface area contributed by atoms with Crippen LogP contribution in [-0.2, 0) is 12.4 Å². The third-order valence-corrected chi connectivity index (χ3v) is 6.21. The van der Waals surface area contributed by atoms with Crippen molar-refractivity contribution in [3.8, 4) is 0 Å². The van der Waals surface area contributed by atoms with Crippen molar-refractivity contribution in [2.24, 2.45) is 0 Å². The van der Waals surface area contributed by atoms with Gasteiger partial charge in [-0.3, -0.25) is 4.79 Å². The number of nitrogens with zero attached hydrogens (tertiary/aromatic N) is 2. The van der Waals surface area contributed by atoms with E-state index in [1.54, 1.807) is 6.20 Å². The first kappa shape index (κ1) is 23.9. The Bertz CT molecular complexity index is 1150. The van der Waals surface area contributed by atoms with Gasteiger partial charge in [-0.2, -0.15) is 26.3 Å². The number of hydrogen-bond donors (Lipinski definition) is 2. The monoisotopic (exact) mass is 484 g/mol. The minimum Gasteiger partial charge on any atom is -0.371 e. The number of carbonyl (C=O) groups is 1. The fourth-order valence-electron chi connectivity index (χ4n) is 4.35. The second-order valence-electron chi connectivity index (χ2n) is 8.43. The van der Waals surface area contributed by atoms with Crippen LogP contribution in [0.4, 0.5) is 32.0 Å². The number of aromatic nitrogens is 2. The maximum absolute atomic E-state index is 13.1. The highest BCUT2D eigenvalue weighted by Crippen LogP contribution is 2.37. The molecule has 1 aliphatic carbocycles. The molecule has 11 heteroatoms. The molecule has 1 aromatic carbocycles. The summed E-state index contributed by atoms with van der Waals surface area (Å²) in [7, 11) is 1.48. The zero-order valence-electron chi connectivity index (χ0n) is 18.1. The second-order valence-corrected chi connectivity index (χ2v) is 8.43. The largest absolute Gasteiger partial charge is 0.433 e. The lowest BCUT2D eigenvalue weighted by Gasteiger charge is -2.36. The molecular weight excluding hydrogens is 462 g/mol. The van der Waals surface area contributed by atoms with Crippen LogP contribution in [0.1, 0.15) is 47.4 Å². The average Bonchev–Trinajstić information content (AvgIpc) is 3.22. The maximum atomic E-state index is 13.1. The fourth-order valence-corrected chi connectivity index (χ4v) is 4.35. The number of aromatic amines is 1. The first-order valence-corrected chi connectivity index (χ1v) is 10.7. The topological polar surface area (TPSA) is 61.0 Å². The van der Waals surface area contributed by atoms with Gasteiger partial charge in [-0.25, -0.2) is 4.98 Å². The summed E-state index contributed by atoms with van der Waals surface area (Å²) in [5, 5.41) is 3.78. The van der Waals surface area contributed by atoms with Crippen molar-refractivity contribution in [3.63, 3.8) is 0 Å². The Morgan fingerprint density at radius 3 is 2.18 bits per heavy atom. The number of anilines is 1. The van der Waals surface area contributed by atoms with Gasteiger partial charge in [0.05, 0.1) is 5.56 Å². The van der Waals surface area contributed by atoms with Gasteiger partial charge < -0.3 is 15.2 Å². The summed E-state index contributed by atoms with van der Waals surface area (Å²) in [4.78, 5) is 20.0. The van der Waals surface area contributed by atoms with Gasteiger partial charge in [0.25, 0.3) is 5.91 Å². The van der Waals surface area contributed by atoms with Gasteiger partial charge in [-0.15, -0.1) is 0 Å². The lowest BCUT2D eigenvalue weighted by molar-refractivity contribution is -0.150. The van der Waals surface area contributed by atoms with E-state index in [4.69, 9.17) is 0 Å². The normalized spacial score (nSPS) is 19.3. The molecule has 0 unspecified atom stereocenters. The van der Waals surface area contributed by atoms with Crippen molar-refractivity contribution >= 4 is 22.5 Å². The highest BCUT2D eigenvalue weighted by Gasteiger charge is 2.39. The van der Waals surface area contributed by atoms with Crippen LogP contribution in [0, 0.1) is 0 Å². The molecular formula is C23H22F6N4O. The van der Waals surface area contributed by atoms with Crippen LogP contribution in [-0.4, -0.2) is 35.0 Å². The third-order valence-electron chi connectivity index (χ3n) is 6.21. The van der Waals surface area contributed by atoms with Crippen LogP contribution >= 0.6 is 0 Å². The first-order chi connectivity index (χ1) is 15.9. The molecule has 0 spiro atoms. The number of benzene rings is 1. The molecule has 3 aromatic rings. The lowest BCUT2D eigenvalue weighted by atomic mass is 9.90. The first-order valence-electron chi connectivity index (χ1n) is 10.7. The Morgan fingerprint density at radius 1 is 1.00 bits per heavy atom. The van der Waals surface area contributed by atoms with Crippen LogP contribution in [0.25, 0.3) is 10.9 Å². The molecule has 0 aliphatic heterocycles. The van der Waals surface area contributed by atoms with Crippen molar-refractivity contribution in [1.82, 2.24) is 15.3 Å². The molecule has 1 saturated carbocycles. The summed E-state index contributed by atoms with van der Waals surface area (Å²) in [5.41, 5.74) is -1.99. The SMILES string of the molecule is CN(c1cc(C(F)(F)F)nc(C(F)(F)F)c1)C1CCC(NC(=O)c2c[nH]c3ccccc23)CC1. The quantitative estimate of drug-likeness (QED) is 0.462. The van der Waals surface area contributed by atoms with Crippen molar-refractivity contribution in [2.45, 2.75) is 50.1 Å². The molecule has 2 aromatic heterocycles. The Hall–Kier alpha value is -3.24. The molecule has 1 amide bonds. The number of H-pyrrole nitrogens is 1.